The molecule has 156 valence electrons. The van der Waals surface area contributed by atoms with E-state index in [4.69, 9.17) is 4.74 Å². The van der Waals surface area contributed by atoms with Gasteiger partial charge in [-0.3, -0.25) is 4.79 Å². The van der Waals surface area contributed by atoms with Gasteiger partial charge in [0, 0.05) is 37.3 Å². The standard InChI is InChI=1S/C19H29N3O5S/c1-6-27-18(24)22-11-9-21(10-12-22)17(23)16-13-15(8-7-14(16)2)28(25,26)20-19(3,4)5/h7-8,13,20H,6,9-12H2,1-5H3. The minimum Gasteiger partial charge on any atom is -0.450 e. The van der Waals surface area contributed by atoms with Crippen LogP contribution in [0.3, 0.4) is 0 Å². The fourth-order valence-electron chi connectivity index (χ4n) is 2.94. The Morgan fingerprint density at radius 1 is 1.11 bits per heavy atom. The van der Waals surface area contributed by atoms with Gasteiger partial charge in [-0.2, -0.15) is 0 Å². The first-order valence-electron chi connectivity index (χ1n) is 9.30. The molecule has 0 atom stereocenters. The maximum absolute atomic E-state index is 13.0. The Morgan fingerprint density at radius 2 is 1.68 bits per heavy atom. The second-order valence-electron chi connectivity index (χ2n) is 7.81. The van der Waals surface area contributed by atoms with E-state index in [1.807, 2.05) is 0 Å². The number of hydrogen-bond acceptors (Lipinski definition) is 5. The zero-order valence-corrected chi connectivity index (χ0v) is 17.9. The molecule has 0 spiro atoms. The number of hydrogen-bond donors (Lipinski definition) is 1. The Bertz CT molecular complexity index is 838. The Kier molecular flexibility index (Phi) is 6.71. The lowest BCUT2D eigenvalue weighted by molar-refractivity contribution is 0.0569. The molecule has 1 heterocycles. The van der Waals surface area contributed by atoms with E-state index in [0.717, 1.165) is 0 Å². The summed E-state index contributed by atoms with van der Waals surface area (Å²) in [4.78, 5) is 28.0. The van der Waals surface area contributed by atoms with Crippen molar-refractivity contribution in [3.8, 4) is 0 Å². The fourth-order valence-corrected chi connectivity index (χ4v) is 4.38. The number of benzene rings is 1. The molecular weight excluding hydrogens is 382 g/mol. The third-order valence-corrected chi connectivity index (χ3v) is 6.04. The Balaban J connectivity index is 2.17. The van der Waals surface area contributed by atoms with Crippen LogP contribution in [0.25, 0.3) is 0 Å². The predicted molar refractivity (Wildman–Crippen MR) is 106 cm³/mol. The number of ether oxygens (including phenoxy) is 1. The number of carbonyl (C=O) groups is 2. The normalized spacial score (nSPS) is 15.5. The van der Waals surface area contributed by atoms with E-state index in [1.165, 1.54) is 12.1 Å². The Labute approximate surface area is 166 Å². The van der Waals surface area contributed by atoms with Gasteiger partial charge in [-0.25, -0.2) is 17.9 Å². The molecule has 28 heavy (non-hydrogen) atoms. The largest absolute Gasteiger partial charge is 0.450 e. The van der Waals surface area contributed by atoms with Crippen LogP contribution in [0.2, 0.25) is 0 Å². The molecule has 0 bridgehead atoms. The highest BCUT2D eigenvalue weighted by atomic mass is 32.2. The zero-order valence-electron chi connectivity index (χ0n) is 17.1. The molecule has 2 amide bonds. The van der Waals surface area contributed by atoms with Crippen molar-refractivity contribution in [3.63, 3.8) is 0 Å². The van der Waals surface area contributed by atoms with Crippen molar-refractivity contribution in [2.24, 2.45) is 0 Å². The number of sulfonamides is 1. The van der Waals surface area contributed by atoms with Gasteiger partial charge >= 0.3 is 6.09 Å². The zero-order chi connectivity index (χ0) is 21.1. The van der Waals surface area contributed by atoms with Crippen molar-refractivity contribution in [1.29, 1.82) is 0 Å². The van der Waals surface area contributed by atoms with Gasteiger partial charge in [-0.05, 0) is 52.3 Å². The summed E-state index contributed by atoms with van der Waals surface area (Å²) in [5.41, 5.74) is 0.422. The third-order valence-electron chi connectivity index (χ3n) is 4.28. The Morgan fingerprint density at radius 3 is 2.21 bits per heavy atom. The van der Waals surface area contributed by atoms with Crippen LogP contribution in [0.5, 0.6) is 0 Å². The van der Waals surface area contributed by atoms with Gasteiger partial charge in [0.2, 0.25) is 10.0 Å². The monoisotopic (exact) mass is 411 g/mol. The number of piperazine rings is 1. The number of rotatable bonds is 4. The van der Waals surface area contributed by atoms with Gasteiger partial charge < -0.3 is 14.5 Å². The summed E-state index contributed by atoms with van der Waals surface area (Å²) in [7, 11) is -3.74. The Hall–Kier alpha value is -2.13. The molecule has 2 rings (SSSR count). The van der Waals surface area contributed by atoms with Crippen molar-refractivity contribution in [1.82, 2.24) is 14.5 Å². The smallest absolute Gasteiger partial charge is 0.409 e. The van der Waals surface area contributed by atoms with Gasteiger partial charge in [0.05, 0.1) is 11.5 Å². The third kappa shape index (κ3) is 5.45. The molecule has 1 aromatic rings. The quantitative estimate of drug-likeness (QED) is 0.817. The number of nitrogens with one attached hydrogen (secondary N) is 1. The van der Waals surface area contributed by atoms with Crippen LogP contribution >= 0.6 is 0 Å². The maximum Gasteiger partial charge on any atom is 0.409 e. The summed E-state index contributed by atoms with van der Waals surface area (Å²) < 4.78 is 32.8. The molecule has 1 fully saturated rings. The lowest BCUT2D eigenvalue weighted by Gasteiger charge is -2.34. The highest BCUT2D eigenvalue weighted by Crippen LogP contribution is 2.20. The molecule has 0 radical (unpaired) electrons. The van der Waals surface area contributed by atoms with E-state index < -0.39 is 15.6 Å². The van der Waals surface area contributed by atoms with Crippen molar-refractivity contribution in [2.45, 2.75) is 45.1 Å². The van der Waals surface area contributed by atoms with Gasteiger partial charge in [-0.15, -0.1) is 0 Å². The van der Waals surface area contributed by atoms with Crippen molar-refractivity contribution in [2.75, 3.05) is 32.8 Å². The first-order chi connectivity index (χ1) is 12.9. The summed E-state index contributed by atoms with van der Waals surface area (Å²) in [6, 6.07) is 4.56. The van der Waals surface area contributed by atoms with Gasteiger partial charge in [0.15, 0.2) is 0 Å². The molecule has 1 aromatic carbocycles. The molecule has 0 saturated carbocycles. The van der Waals surface area contributed by atoms with E-state index in [0.29, 0.717) is 43.9 Å². The molecule has 1 aliphatic heterocycles. The first kappa shape index (κ1) is 22.2. The van der Waals surface area contributed by atoms with Crippen molar-refractivity contribution in [3.05, 3.63) is 29.3 Å². The SMILES string of the molecule is CCOC(=O)N1CCN(C(=O)c2cc(S(=O)(=O)NC(C)(C)C)ccc2C)CC1. The van der Waals surface area contributed by atoms with E-state index in [1.54, 1.807) is 50.5 Å². The molecule has 9 heteroatoms. The highest BCUT2D eigenvalue weighted by molar-refractivity contribution is 7.89. The second kappa shape index (κ2) is 8.48. The summed E-state index contributed by atoms with van der Waals surface area (Å²) in [5.74, 6) is -0.242. The molecule has 0 unspecified atom stereocenters. The summed E-state index contributed by atoms with van der Waals surface area (Å²) in [6.07, 6.45) is -0.382. The minimum absolute atomic E-state index is 0.0570. The number of aryl methyl sites for hydroxylation is 1. The summed E-state index contributed by atoms with van der Waals surface area (Å²) in [5, 5.41) is 0. The molecule has 1 saturated heterocycles. The highest BCUT2D eigenvalue weighted by Gasteiger charge is 2.28. The van der Waals surface area contributed by atoms with E-state index >= 15 is 0 Å². The molecule has 1 N–H and O–H groups in total. The second-order valence-corrected chi connectivity index (χ2v) is 9.49. The van der Waals surface area contributed by atoms with E-state index in [2.05, 4.69) is 4.72 Å². The average Bonchev–Trinajstić information content (AvgIpc) is 2.59. The van der Waals surface area contributed by atoms with Gasteiger partial charge in [-0.1, -0.05) is 6.07 Å². The van der Waals surface area contributed by atoms with Crippen LogP contribution in [0, 0.1) is 6.92 Å². The topological polar surface area (TPSA) is 96.0 Å². The minimum atomic E-state index is -3.74. The fraction of sp³-hybridized carbons (Fsp3) is 0.579. The van der Waals surface area contributed by atoms with Gasteiger partial charge in [0.1, 0.15) is 0 Å². The number of carbonyl (C=O) groups excluding carboxylic acids is 2. The summed E-state index contributed by atoms with van der Waals surface area (Å²) >= 11 is 0. The average molecular weight is 412 g/mol. The van der Waals surface area contributed by atoms with Crippen LogP contribution in [0.1, 0.15) is 43.6 Å². The molecule has 8 nitrogen and oxygen atoms in total. The van der Waals surface area contributed by atoms with Crippen molar-refractivity contribution >= 4 is 22.0 Å². The van der Waals surface area contributed by atoms with Gasteiger partial charge in [0.25, 0.3) is 5.91 Å². The van der Waals surface area contributed by atoms with Crippen LogP contribution in [-0.2, 0) is 14.8 Å². The summed E-state index contributed by atoms with van der Waals surface area (Å²) in [6.45, 7) is 10.6. The molecule has 0 aromatic heterocycles. The van der Waals surface area contributed by atoms with Crippen LogP contribution in [0.15, 0.2) is 23.1 Å². The number of amides is 2. The molecule has 1 aliphatic rings. The lowest BCUT2D eigenvalue weighted by Crippen LogP contribution is -2.50. The van der Waals surface area contributed by atoms with E-state index in [9.17, 15) is 18.0 Å². The van der Waals surface area contributed by atoms with Crippen LogP contribution in [0.4, 0.5) is 4.79 Å². The number of nitrogens with zero attached hydrogens (tertiary/aromatic N) is 2. The molecule has 0 aliphatic carbocycles. The van der Waals surface area contributed by atoms with Crippen LogP contribution < -0.4 is 4.72 Å². The maximum atomic E-state index is 13.0. The molecular formula is C19H29N3O5S. The van der Waals surface area contributed by atoms with Crippen molar-refractivity contribution < 1.29 is 22.7 Å². The van der Waals surface area contributed by atoms with E-state index in [-0.39, 0.29) is 16.9 Å². The van der Waals surface area contributed by atoms with Crippen LogP contribution in [-0.4, -0.2) is 68.5 Å². The predicted octanol–water partition coefficient (Wildman–Crippen LogP) is 1.99. The first-order valence-corrected chi connectivity index (χ1v) is 10.8. The lowest BCUT2D eigenvalue weighted by atomic mass is 10.1.